The van der Waals surface area contributed by atoms with Crippen molar-refractivity contribution in [1.29, 1.82) is 0 Å². The Morgan fingerprint density at radius 2 is 2.17 bits per heavy atom. The third kappa shape index (κ3) is 3.30. The summed E-state index contributed by atoms with van der Waals surface area (Å²) >= 11 is 1.62. The molecule has 0 saturated carbocycles. The molecule has 7 heteroatoms. The number of nitrogens with one attached hydrogen (secondary N) is 1. The van der Waals surface area contributed by atoms with Crippen molar-refractivity contribution in [3.63, 3.8) is 0 Å². The zero-order chi connectivity index (χ0) is 17.1. The first-order valence-corrected chi connectivity index (χ1v) is 8.20. The SMILES string of the molecule is COC(=O)c1coc(C(=O)NC[C@H](C)c2nc3ccccc3s2)c1. The lowest BCUT2D eigenvalue weighted by Crippen LogP contribution is -2.27. The molecule has 1 N–H and O–H groups in total. The van der Waals surface area contributed by atoms with E-state index < -0.39 is 5.97 Å². The minimum absolute atomic E-state index is 0.0707. The Hall–Kier alpha value is -2.67. The Morgan fingerprint density at radius 1 is 1.38 bits per heavy atom. The van der Waals surface area contributed by atoms with E-state index in [0.29, 0.717) is 6.54 Å². The number of para-hydroxylation sites is 1. The van der Waals surface area contributed by atoms with Gasteiger partial charge in [-0.1, -0.05) is 19.1 Å². The highest BCUT2D eigenvalue weighted by Gasteiger charge is 2.17. The lowest BCUT2D eigenvalue weighted by Gasteiger charge is -2.08. The molecule has 2 aromatic heterocycles. The van der Waals surface area contributed by atoms with Crippen molar-refractivity contribution in [2.24, 2.45) is 0 Å². The fraction of sp³-hybridized carbons (Fsp3) is 0.235. The minimum atomic E-state index is -0.541. The van der Waals surface area contributed by atoms with Gasteiger partial charge in [0.05, 0.1) is 27.9 Å². The molecule has 0 aliphatic rings. The van der Waals surface area contributed by atoms with Crippen LogP contribution < -0.4 is 5.32 Å². The molecule has 6 nitrogen and oxygen atoms in total. The molecule has 1 amide bonds. The molecule has 24 heavy (non-hydrogen) atoms. The average molecular weight is 344 g/mol. The summed E-state index contributed by atoms with van der Waals surface area (Å²) in [6.45, 7) is 2.42. The van der Waals surface area contributed by atoms with Crippen LogP contribution in [-0.2, 0) is 4.74 Å². The number of thiazole rings is 1. The normalized spacial score (nSPS) is 12.1. The highest BCUT2D eigenvalue weighted by molar-refractivity contribution is 7.18. The zero-order valence-corrected chi connectivity index (χ0v) is 14.1. The van der Waals surface area contributed by atoms with Crippen LogP contribution in [0.3, 0.4) is 0 Å². The Morgan fingerprint density at radius 3 is 2.92 bits per heavy atom. The van der Waals surface area contributed by atoms with Crippen LogP contribution in [0.25, 0.3) is 10.2 Å². The first-order valence-electron chi connectivity index (χ1n) is 7.39. The third-order valence-electron chi connectivity index (χ3n) is 3.55. The molecule has 124 valence electrons. The summed E-state index contributed by atoms with van der Waals surface area (Å²) < 4.78 is 10.8. The summed E-state index contributed by atoms with van der Waals surface area (Å²) in [5.41, 5.74) is 1.17. The Labute approximate surface area is 142 Å². The zero-order valence-electron chi connectivity index (χ0n) is 13.2. The number of methoxy groups -OCH3 is 1. The minimum Gasteiger partial charge on any atom is -0.465 e. The number of carbonyl (C=O) groups is 2. The summed E-state index contributed by atoms with van der Waals surface area (Å²) in [5.74, 6) is -0.771. The van der Waals surface area contributed by atoms with Gasteiger partial charge in [0.2, 0.25) is 0 Å². The average Bonchev–Trinajstić information content (AvgIpc) is 3.25. The molecule has 0 unspecified atom stereocenters. The first kappa shape index (κ1) is 16.2. The fourth-order valence-electron chi connectivity index (χ4n) is 2.20. The van der Waals surface area contributed by atoms with E-state index in [1.54, 1.807) is 11.3 Å². The lowest BCUT2D eigenvalue weighted by molar-refractivity contribution is 0.0599. The molecule has 0 bridgehead atoms. The number of nitrogens with zero attached hydrogens (tertiary/aromatic N) is 1. The van der Waals surface area contributed by atoms with Gasteiger partial charge in [-0.25, -0.2) is 9.78 Å². The van der Waals surface area contributed by atoms with Gasteiger partial charge in [0.1, 0.15) is 6.26 Å². The molecule has 1 atom stereocenters. The monoisotopic (exact) mass is 344 g/mol. The first-order chi connectivity index (χ1) is 11.6. The van der Waals surface area contributed by atoms with Crippen LogP contribution in [0.4, 0.5) is 0 Å². The fourth-order valence-corrected chi connectivity index (χ4v) is 3.22. The number of amides is 1. The largest absolute Gasteiger partial charge is 0.465 e. The molecule has 0 saturated heterocycles. The second-order valence-electron chi connectivity index (χ2n) is 5.32. The quantitative estimate of drug-likeness (QED) is 0.719. The number of hydrogen-bond acceptors (Lipinski definition) is 6. The molecular weight excluding hydrogens is 328 g/mol. The van der Waals surface area contributed by atoms with Crippen molar-refractivity contribution in [1.82, 2.24) is 10.3 Å². The van der Waals surface area contributed by atoms with Gasteiger partial charge in [-0.05, 0) is 12.1 Å². The van der Waals surface area contributed by atoms with Crippen molar-refractivity contribution in [2.75, 3.05) is 13.7 Å². The summed E-state index contributed by atoms with van der Waals surface area (Å²) in [7, 11) is 1.27. The molecule has 0 aliphatic heterocycles. The van der Waals surface area contributed by atoms with E-state index in [2.05, 4.69) is 15.0 Å². The van der Waals surface area contributed by atoms with Crippen LogP contribution in [0.2, 0.25) is 0 Å². The molecule has 0 spiro atoms. The number of carbonyl (C=O) groups excluding carboxylic acids is 2. The van der Waals surface area contributed by atoms with Gasteiger partial charge >= 0.3 is 5.97 Å². The maximum atomic E-state index is 12.1. The highest BCUT2D eigenvalue weighted by Crippen LogP contribution is 2.26. The molecule has 0 radical (unpaired) electrons. The number of furan rings is 1. The summed E-state index contributed by atoms with van der Waals surface area (Å²) in [6, 6.07) is 9.29. The van der Waals surface area contributed by atoms with Gasteiger partial charge in [-0.3, -0.25) is 4.79 Å². The topological polar surface area (TPSA) is 81.4 Å². The number of hydrogen-bond donors (Lipinski definition) is 1. The number of ether oxygens (including phenoxy) is 1. The van der Waals surface area contributed by atoms with E-state index in [1.165, 1.54) is 19.4 Å². The van der Waals surface area contributed by atoms with Gasteiger partial charge in [0, 0.05) is 18.5 Å². The maximum Gasteiger partial charge on any atom is 0.341 e. The molecule has 1 aromatic carbocycles. The summed E-state index contributed by atoms with van der Waals surface area (Å²) in [4.78, 5) is 28.1. The maximum absolute atomic E-state index is 12.1. The second kappa shape index (κ2) is 6.84. The summed E-state index contributed by atoms with van der Waals surface area (Å²) in [6.07, 6.45) is 1.21. The van der Waals surface area contributed by atoms with Crippen molar-refractivity contribution in [3.8, 4) is 0 Å². The van der Waals surface area contributed by atoms with Crippen LogP contribution in [-0.4, -0.2) is 30.5 Å². The number of benzene rings is 1. The lowest BCUT2D eigenvalue weighted by atomic mass is 10.2. The second-order valence-corrected chi connectivity index (χ2v) is 6.38. The number of rotatable bonds is 5. The molecule has 0 fully saturated rings. The number of fused-ring (bicyclic) bond motifs is 1. The van der Waals surface area contributed by atoms with Crippen molar-refractivity contribution < 1.29 is 18.7 Å². The molecular formula is C17H16N2O4S. The Balaban J connectivity index is 1.63. The van der Waals surface area contributed by atoms with E-state index in [0.717, 1.165) is 15.2 Å². The van der Waals surface area contributed by atoms with Crippen LogP contribution in [0, 0.1) is 0 Å². The Kier molecular flexibility index (Phi) is 4.61. The van der Waals surface area contributed by atoms with E-state index in [1.807, 2.05) is 31.2 Å². The molecule has 3 rings (SSSR count). The standard InChI is InChI=1S/C17H16N2O4S/c1-10(16-19-12-5-3-4-6-14(12)24-16)8-18-15(20)13-7-11(9-23-13)17(21)22-2/h3-7,9-10H,8H2,1-2H3,(H,18,20)/t10-/m0/s1. The van der Waals surface area contributed by atoms with Crippen LogP contribution in [0.5, 0.6) is 0 Å². The predicted octanol–water partition coefficient (Wildman–Crippen LogP) is 3.21. The van der Waals surface area contributed by atoms with Crippen LogP contribution in [0.15, 0.2) is 41.0 Å². The van der Waals surface area contributed by atoms with E-state index in [-0.39, 0.29) is 23.1 Å². The van der Waals surface area contributed by atoms with Gasteiger partial charge in [-0.2, -0.15) is 0 Å². The van der Waals surface area contributed by atoms with Gasteiger partial charge in [-0.15, -0.1) is 11.3 Å². The molecule has 0 aliphatic carbocycles. The predicted molar refractivity (Wildman–Crippen MR) is 90.4 cm³/mol. The third-order valence-corrected chi connectivity index (χ3v) is 4.81. The molecule has 3 aromatic rings. The smallest absolute Gasteiger partial charge is 0.341 e. The summed E-state index contributed by atoms with van der Waals surface area (Å²) in [5, 5.41) is 3.76. The van der Waals surface area contributed by atoms with Crippen molar-refractivity contribution in [3.05, 3.63) is 52.9 Å². The van der Waals surface area contributed by atoms with E-state index in [4.69, 9.17) is 4.42 Å². The Bertz CT molecular complexity index is 850. The van der Waals surface area contributed by atoms with Gasteiger partial charge < -0.3 is 14.5 Å². The van der Waals surface area contributed by atoms with Crippen molar-refractivity contribution >= 4 is 33.4 Å². The van der Waals surface area contributed by atoms with Gasteiger partial charge in [0.15, 0.2) is 5.76 Å². The number of esters is 1. The van der Waals surface area contributed by atoms with Crippen LogP contribution >= 0.6 is 11.3 Å². The van der Waals surface area contributed by atoms with Crippen molar-refractivity contribution in [2.45, 2.75) is 12.8 Å². The van der Waals surface area contributed by atoms with E-state index in [9.17, 15) is 9.59 Å². The van der Waals surface area contributed by atoms with Crippen LogP contribution in [0.1, 0.15) is 38.8 Å². The number of aromatic nitrogens is 1. The van der Waals surface area contributed by atoms with E-state index >= 15 is 0 Å². The molecule has 2 heterocycles. The highest BCUT2D eigenvalue weighted by atomic mass is 32.1. The van der Waals surface area contributed by atoms with Gasteiger partial charge in [0.25, 0.3) is 5.91 Å².